The van der Waals surface area contributed by atoms with Gasteiger partial charge in [-0.05, 0) is 37.0 Å². The molecule has 2 atom stereocenters. The van der Waals surface area contributed by atoms with E-state index in [9.17, 15) is 14.0 Å². The molecule has 2 amide bonds. The lowest BCUT2D eigenvalue weighted by Crippen LogP contribution is -2.49. The van der Waals surface area contributed by atoms with Gasteiger partial charge >= 0.3 is 0 Å². The van der Waals surface area contributed by atoms with Crippen LogP contribution in [-0.2, 0) is 9.59 Å². The Balaban J connectivity index is 1.53. The molecule has 130 valence electrons. The van der Waals surface area contributed by atoms with Crippen LogP contribution < -0.4 is 16.2 Å². The molecule has 1 aromatic rings. The van der Waals surface area contributed by atoms with Crippen LogP contribution >= 0.6 is 0 Å². The molecule has 2 fully saturated rings. The van der Waals surface area contributed by atoms with Crippen molar-refractivity contribution in [3.05, 3.63) is 35.6 Å². The van der Waals surface area contributed by atoms with Gasteiger partial charge in [0.1, 0.15) is 11.9 Å². The Hall–Kier alpha value is -1.99. The molecule has 2 unspecified atom stereocenters. The molecule has 0 spiro atoms. The lowest BCUT2D eigenvalue weighted by molar-refractivity contribution is -0.137. The molecule has 2 saturated heterocycles. The van der Waals surface area contributed by atoms with E-state index in [0.29, 0.717) is 32.4 Å². The largest absolute Gasteiger partial charge is 0.359 e. The molecule has 1 aromatic carbocycles. The van der Waals surface area contributed by atoms with Crippen LogP contribution in [0.5, 0.6) is 0 Å². The van der Waals surface area contributed by atoms with Crippen molar-refractivity contribution in [2.45, 2.75) is 31.3 Å². The molecule has 24 heavy (non-hydrogen) atoms. The van der Waals surface area contributed by atoms with E-state index in [1.807, 2.05) is 4.90 Å². The summed E-state index contributed by atoms with van der Waals surface area (Å²) in [7, 11) is 1.64. The molecule has 2 heterocycles. The molecule has 0 saturated carbocycles. The van der Waals surface area contributed by atoms with Gasteiger partial charge in [-0.25, -0.2) is 15.2 Å². The molecule has 0 aromatic heterocycles. The first-order valence-corrected chi connectivity index (χ1v) is 8.35. The predicted molar refractivity (Wildman–Crippen MR) is 87.2 cm³/mol. The summed E-state index contributed by atoms with van der Waals surface area (Å²) < 4.78 is 13.0. The average molecular weight is 334 g/mol. The molecule has 3 N–H and O–H groups in total. The van der Waals surface area contributed by atoms with Gasteiger partial charge in [0, 0.05) is 32.1 Å². The first-order chi connectivity index (χ1) is 11.6. The lowest BCUT2D eigenvalue weighted by atomic mass is 9.95. The summed E-state index contributed by atoms with van der Waals surface area (Å²) in [4.78, 5) is 26.1. The van der Waals surface area contributed by atoms with Crippen LogP contribution in [0.15, 0.2) is 24.3 Å². The number of likely N-dealkylation sites (tertiary alicyclic amines) is 1. The SMILES string of the molecule is CNC(=O)C1CCN(C(=O)C2CC(c3ccc(F)cc3)NN2)CC1. The predicted octanol–water partition coefficient (Wildman–Crippen LogP) is 0.718. The normalized spacial score (nSPS) is 24.8. The molecule has 6 nitrogen and oxygen atoms in total. The molecular formula is C17H23FN4O2. The number of carbonyl (C=O) groups excluding carboxylic acids is 2. The molecular weight excluding hydrogens is 311 g/mol. The fourth-order valence-electron chi connectivity index (χ4n) is 3.42. The fraction of sp³-hybridized carbons (Fsp3) is 0.529. The van der Waals surface area contributed by atoms with Gasteiger partial charge in [0.05, 0.1) is 0 Å². The molecule has 7 heteroatoms. The maximum absolute atomic E-state index is 13.0. The number of nitrogens with zero attached hydrogens (tertiary/aromatic N) is 1. The van der Waals surface area contributed by atoms with Crippen LogP contribution in [0.4, 0.5) is 4.39 Å². The summed E-state index contributed by atoms with van der Waals surface area (Å²) in [5.74, 6) is -0.154. The van der Waals surface area contributed by atoms with Crippen molar-refractivity contribution in [3.63, 3.8) is 0 Å². The number of hydrogen-bond donors (Lipinski definition) is 3. The highest BCUT2D eigenvalue weighted by molar-refractivity contribution is 5.83. The van der Waals surface area contributed by atoms with E-state index in [1.165, 1.54) is 12.1 Å². The summed E-state index contributed by atoms with van der Waals surface area (Å²) in [5, 5.41) is 2.67. The van der Waals surface area contributed by atoms with Crippen LogP contribution in [0.2, 0.25) is 0 Å². The van der Waals surface area contributed by atoms with Gasteiger partial charge in [0.25, 0.3) is 0 Å². The van der Waals surface area contributed by atoms with Crippen molar-refractivity contribution in [3.8, 4) is 0 Å². The molecule has 3 rings (SSSR count). The van der Waals surface area contributed by atoms with Crippen LogP contribution in [0, 0.1) is 11.7 Å². The van der Waals surface area contributed by atoms with E-state index >= 15 is 0 Å². The summed E-state index contributed by atoms with van der Waals surface area (Å²) in [5.41, 5.74) is 7.12. The second kappa shape index (κ2) is 7.27. The number of hydrazine groups is 1. The van der Waals surface area contributed by atoms with E-state index in [4.69, 9.17) is 0 Å². The van der Waals surface area contributed by atoms with Crippen molar-refractivity contribution in [1.29, 1.82) is 0 Å². The molecule has 0 aliphatic carbocycles. The summed E-state index contributed by atoms with van der Waals surface area (Å²) in [6.45, 7) is 1.21. The first-order valence-electron chi connectivity index (χ1n) is 8.35. The molecule has 0 bridgehead atoms. The smallest absolute Gasteiger partial charge is 0.241 e. The van der Waals surface area contributed by atoms with E-state index in [-0.39, 0.29) is 35.6 Å². The number of amides is 2. The highest BCUT2D eigenvalue weighted by Crippen LogP contribution is 2.25. The first kappa shape index (κ1) is 16.9. The molecule has 0 radical (unpaired) electrons. The maximum Gasteiger partial charge on any atom is 0.241 e. The topological polar surface area (TPSA) is 73.5 Å². The monoisotopic (exact) mass is 334 g/mol. The third-order valence-electron chi connectivity index (χ3n) is 4.90. The number of hydrogen-bond acceptors (Lipinski definition) is 4. The highest BCUT2D eigenvalue weighted by atomic mass is 19.1. The lowest BCUT2D eigenvalue weighted by Gasteiger charge is -2.32. The third kappa shape index (κ3) is 3.57. The van der Waals surface area contributed by atoms with E-state index in [0.717, 1.165) is 5.56 Å². The molecule has 2 aliphatic heterocycles. The van der Waals surface area contributed by atoms with E-state index in [2.05, 4.69) is 16.2 Å². The minimum Gasteiger partial charge on any atom is -0.359 e. The zero-order valence-electron chi connectivity index (χ0n) is 13.7. The summed E-state index contributed by atoms with van der Waals surface area (Å²) in [6.07, 6.45) is 2.03. The Morgan fingerprint density at radius 2 is 1.83 bits per heavy atom. The van der Waals surface area contributed by atoms with Gasteiger partial charge in [-0.15, -0.1) is 0 Å². The van der Waals surface area contributed by atoms with Crippen molar-refractivity contribution in [2.24, 2.45) is 5.92 Å². The van der Waals surface area contributed by atoms with Gasteiger partial charge in [0.15, 0.2) is 0 Å². The summed E-state index contributed by atoms with van der Waals surface area (Å²) in [6, 6.07) is 6.01. The van der Waals surface area contributed by atoms with Crippen LogP contribution in [0.1, 0.15) is 30.9 Å². The minimum absolute atomic E-state index is 0.000626. The minimum atomic E-state index is -0.295. The second-order valence-corrected chi connectivity index (χ2v) is 6.39. The zero-order chi connectivity index (χ0) is 17.1. The van der Waals surface area contributed by atoms with Crippen LogP contribution in [-0.4, -0.2) is 42.9 Å². The van der Waals surface area contributed by atoms with E-state index < -0.39 is 0 Å². The Bertz CT molecular complexity index is 599. The van der Waals surface area contributed by atoms with E-state index in [1.54, 1.807) is 19.2 Å². The van der Waals surface area contributed by atoms with Gasteiger partial charge in [-0.2, -0.15) is 0 Å². The zero-order valence-corrected chi connectivity index (χ0v) is 13.7. The van der Waals surface area contributed by atoms with Crippen molar-refractivity contribution >= 4 is 11.8 Å². The van der Waals surface area contributed by atoms with Gasteiger partial charge in [0.2, 0.25) is 11.8 Å². The number of nitrogens with one attached hydrogen (secondary N) is 3. The number of benzene rings is 1. The number of halogens is 1. The average Bonchev–Trinajstić information content (AvgIpc) is 3.11. The maximum atomic E-state index is 13.0. The van der Waals surface area contributed by atoms with Crippen molar-refractivity contribution in [2.75, 3.05) is 20.1 Å². The number of carbonyl (C=O) groups is 2. The Labute approximate surface area is 140 Å². The standard InChI is InChI=1S/C17H23FN4O2/c1-19-16(23)12-6-8-22(9-7-12)17(24)15-10-14(20-21-15)11-2-4-13(18)5-3-11/h2-5,12,14-15,20-21H,6-10H2,1H3,(H,19,23). The van der Waals surface area contributed by atoms with Crippen LogP contribution in [0.3, 0.4) is 0 Å². The van der Waals surface area contributed by atoms with Crippen molar-refractivity contribution in [1.82, 2.24) is 21.1 Å². The number of rotatable bonds is 3. The third-order valence-corrected chi connectivity index (χ3v) is 4.90. The van der Waals surface area contributed by atoms with Crippen molar-refractivity contribution < 1.29 is 14.0 Å². The quantitative estimate of drug-likeness (QED) is 0.761. The van der Waals surface area contributed by atoms with Gasteiger partial charge < -0.3 is 10.2 Å². The summed E-state index contributed by atoms with van der Waals surface area (Å²) >= 11 is 0. The Morgan fingerprint density at radius 1 is 1.17 bits per heavy atom. The Morgan fingerprint density at radius 3 is 2.46 bits per heavy atom. The van der Waals surface area contributed by atoms with Crippen LogP contribution in [0.25, 0.3) is 0 Å². The second-order valence-electron chi connectivity index (χ2n) is 6.39. The highest BCUT2D eigenvalue weighted by Gasteiger charge is 2.35. The Kier molecular flexibility index (Phi) is 5.11. The fourth-order valence-corrected chi connectivity index (χ4v) is 3.42. The van der Waals surface area contributed by atoms with Gasteiger partial charge in [-0.1, -0.05) is 12.1 Å². The van der Waals surface area contributed by atoms with Gasteiger partial charge in [-0.3, -0.25) is 9.59 Å². The number of piperidine rings is 1. The molecule has 2 aliphatic rings.